The maximum Gasteiger partial charge on any atom is 0.422 e. The Morgan fingerprint density at radius 1 is 0.812 bits per heavy atom. The Bertz CT molecular complexity index is 740. The fourth-order valence-corrected chi connectivity index (χ4v) is 5.85. The lowest BCUT2D eigenvalue weighted by molar-refractivity contribution is -0.142. The minimum Gasteiger partial charge on any atom is -0.206 e. The lowest BCUT2D eigenvalue weighted by Gasteiger charge is -2.31. The number of benzene rings is 1. The molecule has 5 heteroatoms. The highest BCUT2D eigenvalue weighted by molar-refractivity contribution is 5.64. The zero-order valence-corrected chi connectivity index (χ0v) is 19.4. The molecule has 0 saturated heterocycles. The summed E-state index contributed by atoms with van der Waals surface area (Å²) in [7, 11) is 0. The fraction of sp³-hybridized carbons (Fsp3) is 0.704. The van der Waals surface area contributed by atoms with E-state index in [1.807, 2.05) is 6.08 Å². The number of hydrogen-bond acceptors (Lipinski definition) is 0. The third-order valence-electron chi connectivity index (χ3n) is 7.80. The Balaban J connectivity index is 1.47. The first-order chi connectivity index (χ1) is 15.2. The average Bonchev–Trinajstić information content (AvgIpc) is 2.73. The lowest BCUT2D eigenvalue weighted by atomic mass is 9.74. The molecule has 0 bridgehead atoms. The molecule has 32 heavy (non-hydrogen) atoms. The summed E-state index contributed by atoms with van der Waals surface area (Å²) in [6.45, 7) is 4.00. The van der Waals surface area contributed by atoms with Crippen LogP contribution in [0.1, 0.15) is 102 Å². The highest BCUT2D eigenvalue weighted by Gasteiger charge is 2.38. The minimum absolute atomic E-state index is 0.189. The third kappa shape index (κ3) is 6.81. The predicted molar refractivity (Wildman–Crippen MR) is 120 cm³/mol. The van der Waals surface area contributed by atoms with Crippen LogP contribution in [0, 0.1) is 35.3 Å². The van der Waals surface area contributed by atoms with Crippen LogP contribution in [0.3, 0.4) is 0 Å². The second kappa shape index (κ2) is 11.2. The molecule has 2 fully saturated rings. The van der Waals surface area contributed by atoms with Gasteiger partial charge in [-0.05, 0) is 79.5 Å². The van der Waals surface area contributed by atoms with Crippen molar-refractivity contribution in [1.82, 2.24) is 0 Å². The second-order valence-corrected chi connectivity index (χ2v) is 10.2. The molecule has 0 heterocycles. The van der Waals surface area contributed by atoms with Crippen LogP contribution in [-0.4, -0.2) is 0 Å². The highest BCUT2D eigenvalue weighted by atomic mass is 19.4. The summed E-state index contributed by atoms with van der Waals surface area (Å²) in [5, 5.41) is 0. The number of rotatable bonds is 7. The van der Waals surface area contributed by atoms with Crippen molar-refractivity contribution in [3.63, 3.8) is 0 Å². The second-order valence-electron chi connectivity index (χ2n) is 10.2. The molecular weight excluding hydrogens is 419 g/mol. The Morgan fingerprint density at radius 3 is 1.69 bits per heavy atom. The summed E-state index contributed by atoms with van der Waals surface area (Å²) >= 11 is 0. The van der Waals surface area contributed by atoms with Gasteiger partial charge < -0.3 is 0 Å². The van der Waals surface area contributed by atoms with Gasteiger partial charge in [0.2, 0.25) is 0 Å². The third-order valence-corrected chi connectivity index (χ3v) is 7.80. The number of alkyl halides is 3. The van der Waals surface area contributed by atoms with E-state index >= 15 is 0 Å². The van der Waals surface area contributed by atoms with Crippen LogP contribution in [0.15, 0.2) is 18.2 Å². The van der Waals surface area contributed by atoms with Gasteiger partial charge >= 0.3 is 6.18 Å². The van der Waals surface area contributed by atoms with Crippen LogP contribution in [0.2, 0.25) is 0 Å². The molecule has 0 atom stereocenters. The van der Waals surface area contributed by atoms with E-state index in [2.05, 4.69) is 6.92 Å². The molecule has 1 aromatic rings. The molecule has 0 aromatic heterocycles. The minimum atomic E-state index is -5.03. The molecule has 0 spiro atoms. The average molecular weight is 457 g/mol. The molecule has 2 aliphatic rings. The first-order valence-corrected chi connectivity index (χ1v) is 12.4. The van der Waals surface area contributed by atoms with Crippen LogP contribution in [0.5, 0.6) is 0 Å². The van der Waals surface area contributed by atoms with Gasteiger partial charge in [-0.3, -0.25) is 0 Å². The van der Waals surface area contributed by atoms with Gasteiger partial charge in [0, 0.05) is 0 Å². The van der Waals surface area contributed by atoms with Gasteiger partial charge in [-0.1, -0.05) is 64.4 Å². The van der Waals surface area contributed by atoms with E-state index < -0.39 is 23.4 Å². The Morgan fingerprint density at radius 2 is 1.25 bits per heavy atom. The fourth-order valence-electron chi connectivity index (χ4n) is 5.85. The van der Waals surface area contributed by atoms with Crippen LogP contribution in [0.25, 0.3) is 5.57 Å². The van der Waals surface area contributed by atoms with Gasteiger partial charge in [-0.15, -0.1) is 0 Å². The maximum atomic E-state index is 13.9. The molecular formula is C27H37F5. The molecule has 180 valence electrons. The van der Waals surface area contributed by atoms with Crippen molar-refractivity contribution in [1.29, 1.82) is 0 Å². The molecule has 0 amide bonds. The van der Waals surface area contributed by atoms with Crippen molar-refractivity contribution in [2.75, 3.05) is 0 Å². The molecule has 3 rings (SSSR count). The standard InChI is InChI=1S/C27H37F5/c1-3-4-19-5-7-20(8-6-19)9-10-21-11-13-22(14-12-21)15-18(2)23-16-24(28)26(25(29)17-23)27(30,31)32/h15-17,19-22H,3-14H2,1-2H3/b18-15+. The summed E-state index contributed by atoms with van der Waals surface area (Å²) in [5.41, 5.74) is -0.981. The summed E-state index contributed by atoms with van der Waals surface area (Å²) in [5.74, 6) is -0.167. The first-order valence-electron chi connectivity index (χ1n) is 12.4. The number of halogens is 5. The predicted octanol–water partition coefficient (Wildman–Crippen LogP) is 9.58. The summed E-state index contributed by atoms with van der Waals surface area (Å²) < 4.78 is 66.2. The molecule has 0 nitrogen and oxygen atoms in total. The Kier molecular flexibility index (Phi) is 8.80. The smallest absolute Gasteiger partial charge is 0.206 e. The quantitative estimate of drug-likeness (QED) is 0.358. The van der Waals surface area contributed by atoms with Gasteiger partial charge in [0.15, 0.2) is 0 Å². The zero-order chi connectivity index (χ0) is 23.3. The van der Waals surface area contributed by atoms with E-state index in [9.17, 15) is 22.0 Å². The normalized spacial score (nSPS) is 27.5. The molecule has 0 N–H and O–H groups in total. The van der Waals surface area contributed by atoms with Gasteiger partial charge in [0.25, 0.3) is 0 Å². The van der Waals surface area contributed by atoms with E-state index in [4.69, 9.17) is 0 Å². The van der Waals surface area contributed by atoms with E-state index in [0.717, 1.165) is 55.6 Å². The van der Waals surface area contributed by atoms with Crippen LogP contribution in [0.4, 0.5) is 22.0 Å². The van der Waals surface area contributed by atoms with E-state index in [0.29, 0.717) is 11.5 Å². The van der Waals surface area contributed by atoms with Gasteiger partial charge in [-0.25, -0.2) is 8.78 Å². The summed E-state index contributed by atoms with van der Waals surface area (Å²) in [4.78, 5) is 0. The van der Waals surface area contributed by atoms with Crippen LogP contribution < -0.4 is 0 Å². The van der Waals surface area contributed by atoms with E-state index in [1.54, 1.807) is 6.92 Å². The van der Waals surface area contributed by atoms with Crippen molar-refractivity contribution < 1.29 is 22.0 Å². The Hall–Kier alpha value is -1.39. The van der Waals surface area contributed by atoms with Gasteiger partial charge in [0.05, 0.1) is 0 Å². The van der Waals surface area contributed by atoms with Gasteiger partial charge in [-0.2, -0.15) is 13.2 Å². The maximum absolute atomic E-state index is 13.9. The summed E-state index contributed by atoms with van der Waals surface area (Å²) in [6, 6.07) is 1.61. The molecule has 1 aromatic carbocycles. The highest BCUT2D eigenvalue weighted by Crippen LogP contribution is 2.39. The van der Waals surface area contributed by atoms with E-state index in [-0.39, 0.29) is 5.56 Å². The van der Waals surface area contributed by atoms with Crippen molar-refractivity contribution in [2.45, 2.75) is 97.1 Å². The Labute approximate surface area is 189 Å². The monoisotopic (exact) mass is 456 g/mol. The first kappa shape index (κ1) is 25.2. The van der Waals surface area contributed by atoms with Crippen LogP contribution >= 0.6 is 0 Å². The van der Waals surface area contributed by atoms with E-state index in [1.165, 1.54) is 51.4 Å². The van der Waals surface area contributed by atoms with Crippen molar-refractivity contribution in [2.24, 2.45) is 23.7 Å². The number of allylic oxidation sites excluding steroid dienone is 2. The van der Waals surface area contributed by atoms with Crippen molar-refractivity contribution in [3.8, 4) is 0 Å². The SMILES string of the molecule is CCCC1CCC(CCC2CCC(/C=C(\C)c3cc(F)c(C(F)(F)F)c(F)c3)CC2)CC1. The largest absolute Gasteiger partial charge is 0.422 e. The van der Waals surface area contributed by atoms with Crippen molar-refractivity contribution >= 4 is 5.57 Å². The van der Waals surface area contributed by atoms with Gasteiger partial charge in [0.1, 0.15) is 17.2 Å². The molecule has 0 radical (unpaired) electrons. The molecule has 0 aliphatic heterocycles. The zero-order valence-electron chi connectivity index (χ0n) is 19.4. The molecule has 2 aliphatic carbocycles. The molecule has 0 unspecified atom stereocenters. The molecule has 2 saturated carbocycles. The number of hydrogen-bond donors (Lipinski definition) is 0. The summed E-state index contributed by atoms with van der Waals surface area (Å²) in [6.07, 6.45) is 12.3. The van der Waals surface area contributed by atoms with Crippen LogP contribution in [-0.2, 0) is 6.18 Å². The topological polar surface area (TPSA) is 0 Å². The van der Waals surface area contributed by atoms with Crippen molar-refractivity contribution in [3.05, 3.63) is 41.0 Å². The lowest BCUT2D eigenvalue weighted by Crippen LogP contribution is -2.17.